The summed E-state index contributed by atoms with van der Waals surface area (Å²) in [5, 5.41) is 11.7. The molecule has 1 rings (SSSR count). The van der Waals surface area contributed by atoms with Gasteiger partial charge in [0, 0.05) is 18.1 Å². The number of carbonyl (C=O) groups is 2. The van der Waals surface area contributed by atoms with Gasteiger partial charge < -0.3 is 15.3 Å². The Bertz CT molecular complexity index is 517. The molecule has 0 fully saturated rings. The Hall–Kier alpha value is -1.82. The van der Waals surface area contributed by atoms with Crippen LogP contribution in [0.25, 0.3) is 0 Å². The smallest absolute Gasteiger partial charge is 0.337 e. The van der Waals surface area contributed by atoms with E-state index in [2.05, 4.69) is 27.8 Å². The number of amides is 2. The van der Waals surface area contributed by atoms with Gasteiger partial charge in [-0.15, -0.1) is 6.58 Å². The molecule has 0 aromatic heterocycles. The van der Waals surface area contributed by atoms with Crippen molar-refractivity contribution in [1.29, 1.82) is 0 Å². The van der Waals surface area contributed by atoms with Gasteiger partial charge in [-0.05, 0) is 31.0 Å². The lowest BCUT2D eigenvalue weighted by Gasteiger charge is -2.18. The number of hydrogen-bond acceptors (Lipinski definition) is 2. The van der Waals surface area contributed by atoms with Gasteiger partial charge in [-0.3, -0.25) is 0 Å². The molecule has 0 bridgehead atoms. The number of anilines is 1. The predicted octanol–water partition coefficient (Wildman–Crippen LogP) is 3.58. The number of carboxylic acids is 1. The highest BCUT2D eigenvalue weighted by Crippen LogP contribution is 2.22. The fourth-order valence-corrected chi connectivity index (χ4v) is 1.95. The molecule has 0 spiro atoms. The number of hydrogen-bond donors (Lipinski definition) is 2. The molecule has 2 amide bonds. The Kier molecular flexibility index (Phi) is 6.24. The molecule has 0 heterocycles. The highest BCUT2D eigenvalue weighted by Gasteiger charge is 2.15. The van der Waals surface area contributed by atoms with E-state index < -0.39 is 5.97 Å². The molecule has 0 aliphatic rings. The van der Waals surface area contributed by atoms with Crippen LogP contribution in [0, 0.1) is 0 Å². The lowest BCUT2D eigenvalue weighted by molar-refractivity contribution is 0.0698. The van der Waals surface area contributed by atoms with Crippen molar-refractivity contribution in [2.24, 2.45) is 0 Å². The summed E-state index contributed by atoms with van der Waals surface area (Å²) in [7, 11) is 1.66. The third-order valence-corrected chi connectivity index (χ3v) is 3.20. The number of aromatic carboxylic acids is 1. The SMILES string of the molecule is C=CCCCN(C)C(=O)Nc1cc(Br)ccc1C(=O)O. The van der Waals surface area contributed by atoms with Crippen LogP contribution in [0.4, 0.5) is 10.5 Å². The number of urea groups is 1. The fourth-order valence-electron chi connectivity index (χ4n) is 1.59. The van der Waals surface area contributed by atoms with Crippen LogP contribution in [-0.2, 0) is 0 Å². The van der Waals surface area contributed by atoms with Crippen LogP contribution in [0.1, 0.15) is 23.2 Å². The highest BCUT2D eigenvalue weighted by atomic mass is 79.9. The van der Waals surface area contributed by atoms with Crippen LogP contribution in [0.3, 0.4) is 0 Å². The van der Waals surface area contributed by atoms with Crippen molar-refractivity contribution in [3.05, 3.63) is 40.9 Å². The minimum atomic E-state index is -1.08. The van der Waals surface area contributed by atoms with Gasteiger partial charge in [-0.2, -0.15) is 0 Å². The Morgan fingerprint density at radius 3 is 2.80 bits per heavy atom. The molecule has 0 saturated heterocycles. The average Bonchev–Trinajstić information content (AvgIpc) is 2.38. The first-order valence-corrected chi connectivity index (χ1v) is 6.91. The monoisotopic (exact) mass is 340 g/mol. The zero-order valence-electron chi connectivity index (χ0n) is 11.2. The Morgan fingerprint density at radius 1 is 1.50 bits per heavy atom. The summed E-state index contributed by atoms with van der Waals surface area (Å²) in [6.45, 7) is 4.20. The van der Waals surface area contributed by atoms with Crippen molar-refractivity contribution < 1.29 is 14.7 Å². The van der Waals surface area contributed by atoms with E-state index in [0.717, 1.165) is 12.8 Å². The van der Waals surface area contributed by atoms with Gasteiger partial charge in [0.15, 0.2) is 0 Å². The lowest BCUT2D eigenvalue weighted by atomic mass is 10.2. The van der Waals surface area contributed by atoms with Gasteiger partial charge in [0.1, 0.15) is 0 Å². The number of rotatable bonds is 6. The topological polar surface area (TPSA) is 69.6 Å². The maximum Gasteiger partial charge on any atom is 0.337 e. The Balaban J connectivity index is 2.76. The molecular formula is C14H17BrN2O3. The molecule has 20 heavy (non-hydrogen) atoms. The number of unbranched alkanes of at least 4 members (excludes halogenated alkanes) is 1. The molecule has 1 aromatic rings. The van der Waals surface area contributed by atoms with Crippen LogP contribution in [-0.4, -0.2) is 35.6 Å². The van der Waals surface area contributed by atoms with Gasteiger partial charge in [0.2, 0.25) is 0 Å². The average molecular weight is 341 g/mol. The summed E-state index contributed by atoms with van der Waals surface area (Å²) >= 11 is 3.25. The zero-order valence-corrected chi connectivity index (χ0v) is 12.8. The largest absolute Gasteiger partial charge is 0.478 e. The van der Waals surface area contributed by atoms with Gasteiger partial charge in [-0.25, -0.2) is 9.59 Å². The number of allylic oxidation sites excluding steroid dienone is 1. The third-order valence-electron chi connectivity index (χ3n) is 2.70. The quantitative estimate of drug-likeness (QED) is 0.614. The van der Waals surface area contributed by atoms with E-state index in [1.165, 1.54) is 11.0 Å². The van der Waals surface area contributed by atoms with E-state index in [1.807, 2.05) is 0 Å². The standard InChI is InChI=1S/C14H17BrN2O3/c1-3-4-5-8-17(2)14(20)16-12-9-10(15)6-7-11(12)13(18)19/h3,6-7,9H,1,4-5,8H2,2H3,(H,16,20)(H,18,19). The summed E-state index contributed by atoms with van der Waals surface area (Å²) in [5.74, 6) is -1.08. The summed E-state index contributed by atoms with van der Waals surface area (Å²) in [6, 6.07) is 4.29. The molecule has 0 saturated carbocycles. The van der Waals surface area contributed by atoms with Gasteiger partial charge >= 0.3 is 12.0 Å². The fraction of sp³-hybridized carbons (Fsp3) is 0.286. The van der Waals surface area contributed by atoms with Gasteiger partial charge in [0.05, 0.1) is 11.3 Å². The van der Waals surface area contributed by atoms with Gasteiger partial charge in [0.25, 0.3) is 0 Å². The molecule has 0 aliphatic heterocycles. The van der Waals surface area contributed by atoms with Crippen LogP contribution in [0.15, 0.2) is 35.3 Å². The van der Waals surface area contributed by atoms with E-state index >= 15 is 0 Å². The highest BCUT2D eigenvalue weighted by molar-refractivity contribution is 9.10. The first-order chi connectivity index (χ1) is 9.45. The summed E-state index contributed by atoms with van der Waals surface area (Å²) < 4.78 is 0.701. The third kappa shape index (κ3) is 4.70. The van der Waals surface area contributed by atoms with E-state index in [4.69, 9.17) is 5.11 Å². The summed E-state index contributed by atoms with van der Waals surface area (Å²) in [6.07, 6.45) is 3.44. The number of benzene rings is 1. The molecule has 0 atom stereocenters. The maximum atomic E-state index is 12.0. The van der Waals surface area contributed by atoms with Crippen molar-refractivity contribution in [3.8, 4) is 0 Å². The normalized spacial score (nSPS) is 9.90. The number of halogens is 1. The molecule has 5 nitrogen and oxygen atoms in total. The molecule has 0 unspecified atom stereocenters. The first-order valence-electron chi connectivity index (χ1n) is 6.11. The van der Waals surface area contributed by atoms with E-state index in [-0.39, 0.29) is 17.3 Å². The predicted molar refractivity (Wildman–Crippen MR) is 82.2 cm³/mol. The number of nitrogens with zero attached hydrogens (tertiary/aromatic N) is 1. The van der Waals surface area contributed by atoms with Crippen LogP contribution in [0.2, 0.25) is 0 Å². The van der Waals surface area contributed by atoms with Crippen LogP contribution >= 0.6 is 15.9 Å². The molecule has 0 radical (unpaired) electrons. The molecule has 6 heteroatoms. The lowest BCUT2D eigenvalue weighted by Crippen LogP contribution is -2.32. The molecule has 1 aromatic carbocycles. The molecular weight excluding hydrogens is 324 g/mol. The Morgan fingerprint density at radius 2 is 2.20 bits per heavy atom. The van der Waals surface area contributed by atoms with Crippen molar-refractivity contribution in [2.45, 2.75) is 12.8 Å². The first kappa shape index (κ1) is 16.2. The second-order valence-corrected chi connectivity index (χ2v) is 5.19. The van der Waals surface area contributed by atoms with E-state index in [9.17, 15) is 9.59 Å². The number of carboxylic acid groups (broad SMARTS) is 1. The number of nitrogens with one attached hydrogen (secondary N) is 1. The van der Waals surface area contributed by atoms with E-state index in [1.54, 1.807) is 25.3 Å². The zero-order chi connectivity index (χ0) is 15.1. The summed E-state index contributed by atoms with van der Waals surface area (Å²) in [4.78, 5) is 24.6. The van der Waals surface area contributed by atoms with Crippen molar-refractivity contribution >= 4 is 33.6 Å². The minimum absolute atomic E-state index is 0.0565. The minimum Gasteiger partial charge on any atom is -0.478 e. The second-order valence-electron chi connectivity index (χ2n) is 4.28. The van der Waals surface area contributed by atoms with Crippen molar-refractivity contribution in [1.82, 2.24) is 4.90 Å². The van der Waals surface area contributed by atoms with Crippen molar-refractivity contribution in [2.75, 3.05) is 18.9 Å². The molecule has 0 aliphatic carbocycles. The van der Waals surface area contributed by atoms with Crippen molar-refractivity contribution in [3.63, 3.8) is 0 Å². The Labute approximate surface area is 126 Å². The summed E-state index contributed by atoms with van der Waals surface area (Å²) in [5.41, 5.74) is 0.327. The van der Waals surface area contributed by atoms with Crippen LogP contribution < -0.4 is 5.32 Å². The second kappa shape index (κ2) is 7.69. The van der Waals surface area contributed by atoms with E-state index in [0.29, 0.717) is 11.0 Å². The van der Waals surface area contributed by atoms with Gasteiger partial charge in [-0.1, -0.05) is 22.0 Å². The molecule has 108 valence electrons. The maximum absolute atomic E-state index is 12.0. The molecule has 2 N–H and O–H groups in total. The van der Waals surface area contributed by atoms with Crippen LogP contribution in [0.5, 0.6) is 0 Å². The number of carbonyl (C=O) groups excluding carboxylic acids is 1.